The number of rotatable bonds is 4. The molecule has 1 aliphatic rings. The summed E-state index contributed by atoms with van der Waals surface area (Å²) in [5.41, 5.74) is 2.13. The standard InChI is InChI=1S/C15H18N4O2/c1-10-17-14(21-18-10)7-8-16-12-9-15(20)19(2)13-6-4-3-5-11(12)13/h3-6,12,16H,7-9H2,1-2H3. The van der Waals surface area contributed by atoms with Crippen LogP contribution in [0.2, 0.25) is 0 Å². The highest BCUT2D eigenvalue weighted by molar-refractivity contribution is 5.96. The van der Waals surface area contributed by atoms with Crippen molar-refractivity contribution in [2.24, 2.45) is 0 Å². The zero-order valence-electron chi connectivity index (χ0n) is 12.2. The van der Waals surface area contributed by atoms with Crippen molar-refractivity contribution in [2.75, 3.05) is 18.5 Å². The number of nitrogens with one attached hydrogen (secondary N) is 1. The van der Waals surface area contributed by atoms with Gasteiger partial charge in [-0.1, -0.05) is 23.4 Å². The van der Waals surface area contributed by atoms with Crippen molar-refractivity contribution < 1.29 is 9.32 Å². The normalized spacial score (nSPS) is 17.9. The number of carbonyl (C=O) groups is 1. The van der Waals surface area contributed by atoms with Crippen LogP contribution in [0.15, 0.2) is 28.8 Å². The van der Waals surface area contributed by atoms with Gasteiger partial charge in [-0.25, -0.2) is 0 Å². The number of carbonyl (C=O) groups excluding carboxylic acids is 1. The molecule has 1 aromatic heterocycles. The number of nitrogens with zero attached hydrogens (tertiary/aromatic N) is 3. The molecule has 0 radical (unpaired) electrons. The second kappa shape index (κ2) is 5.65. The summed E-state index contributed by atoms with van der Waals surface area (Å²) < 4.78 is 5.09. The summed E-state index contributed by atoms with van der Waals surface area (Å²) >= 11 is 0. The molecule has 1 aliphatic heterocycles. The fourth-order valence-corrected chi connectivity index (χ4v) is 2.62. The number of para-hydroxylation sites is 1. The van der Waals surface area contributed by atoms with Gasteiger partial charge in [-0.2, -0.15) is 4.98 Å². The van der Waals surface area contributed by atoms with Crippen LogP contribution >= 0.6 is 0 Å². The fraction of sp³-hybridized carbons (Fsp3) is 0.400. The van der Waals surface area contributed by atoms with Crippen LogP contribution in [0.5, 0.6) is 0 Å². The van der Waals surface area contributed by atoms with Gasteiger partial charge in [0, 0.05) is 38.2 Å². The third-order valence-electron chi connectivity index (χ3n) is 3.73. The number of benzene rings is 1. The third-order valence-corrected chi connectivity index (χ3v) is 3.73. The smallest absolute Gasteiger partial charge is 0.228 e. The number of amides is 1. The lowest BCUT2D eigenvalue weighted by Crippen LogP contribution is -2.38. The van der Waals surface area contributed by atoms with E-state index >= 15 is 0 Å². The van der Waals surface area contributed by atoms with Crippen LogP contribution in [-0.2, 0) is 11.2 Å². The minimum atomic E-state index is 0.0360. The number of anilines is 1. The highest BCUT2D eigenvalue weighted by Crippen LogP contribution is 2.33. The van der Waals surface area contributed by atoms with Crippen LogP contribution in [0.1, 0.15) is 29.7 Å². The molecule has 0 saturated carbocycles. The zero-order valence-corrected chi connectivity index (χ0v) is 12.2. The summed E-state index contributed by atoms with van der Waals surface area (Å²) in [6, 6.07) is 8.02. The summed E-state index contributed by atoms with van der Waals surface area (Å²) in [6.45, 7) is 2.49. The molecular weight excluding hydrogens is 268 g/mol. The summed E-state index contributed by atoms with van der Waals surface area (Å²) in [4.78, 5) is 17.9. The SMILES string of the molecule is Cc1noc(CCNC2CC(=O)N(C)c3ccccc32)n1. The maximum atomic E-state index is 12.0. The molecule has 6 heteroatoms. The molecule has 1 N–H and O–H groups in total. The molecule has 1 unspecified atom stereocenters. The molecule has 6 nitrogen and oxygen atoms in total. The van der Waals surface area contributed by atoms with Gasteiger partial charge < -0.3 is 14.7 Å². The van der Waals surface area contributed by atoms with E-state index in [-0.39, 0.29) is 11.9 Å². The van der Waals surface area contributed by atoms with Crippen LogP contribution in [0.4, 0.5) is 5.69 Å². The second-order valence-corrected chi connectivity index (χ2v) is 5.21. The van der Waals surface area contributed by atoms with E-state index in [0.29, 0.717) is 31.1 Å². The molecule has 0 bridgehead atoms. The zero-order chi connectivity index (χ0) is 14.8. The predicted molar refractivity (Wildman–Crippen MR) is 78.0 cm³/mol. The minimum absolute atomic E-state index is 0.0360. The van der Waals surface area contributed by atoms with Crippen molar-refractivity contribution in [3.63, 3.8) is 0 Å². The van der Waals surface area contributed by atoms with Crippen molar-refractivity contribution in [2.45, 2.75) is 25.8 Å². The van der Waals surface area contributed by atoms with Gasteiger partial charge in [-0.3, -0.25) is 4.79 Å². The van der Waals surface area contributed by atoms with Crippen LogP contribution in [0.25, 0.3) is 0 Å². The number of aromatic nitrogens is 2. The number of fused-ring (bicyclic) bond motifs is 1. The van der Waals surface area contributed by atoms with Crippen molar-refractivity contribution >= 4 is 11.6 Å². The molecule has 0 fully saturated rings. The Morgan fingerprint density at radius 2 is 2.24 bits per heavy atom. The minimum Gasteiger partial charge on any atom is -0.339 e. The first kappa shape index (κ1) is 13.8. The molecule has 0 aliphatic carbocycles. The van der Waals surface area contributed by atoms with E-state index in [1.165, 1.54) is 0 Å². The molecule has 110 valence electrons. The Morgan fingerprint density at radius 1 is 1.43 bits per heavy atom. The summed E-state index contributed by atoms with van der Waals surface area (Å²) in [5, 5.41) is 7.18. The molecular formula is C15H18N4O2. The van der Waals surface area contributed by atoms with E-state index in [9.17, 15) is 4.79 Å². The fourth-order valence-electron chi connectivity index (χ4n) is 2.62. The van der Waals surface area contributed by atoms with Crippen LogP contribution in [-0.4, -0.2) is 29.6 Å². The molecule has 0 saturated heterocycles. The van der Waals surface area contributed by atoms with Crippen LogP contribution < -0.4 is 10.2 Å². The second-order valence-electron chi connectivity index (χ2n) is 5.21. The van der Waals surface area contributed by atoms with E-state index in [1.54, 1.807) is 11.8 Å². The van der Waals surface area contributed by atoms with Gasteiger partial charge in [-0.05, 0) is 18.6 Å². The lowest BCUT2D eigenvalue weighted by atomic mass is 9.96. The van der Waals surface area contributed by atoms with Crippen LogP contribution in [0.3, 0.4) is 0 Å². The average molecular weight is 286 g/mol. The van der Waals surface area contributed by atoms with E-state index in [1.807, 2.05) is 25.2 Å². The number of hydrogen-bond acceptors (Lipinski definition) is 5. The Labute approximate surface area is 123 Å². The van der Waals surface area contributed by atoms with Gasteiger partial charge in [0.25, 0.3) is 0 Å². The maximum absolute atomic E-state index is 12.0. The van der Waals surface area contributed by atoms with Gasteiger partial charge in [0.05, 0.1) is 0 Å². The van der Waals surface area contributed by atoms with Gasteiger partial charge in [0.2, 0.25) is 11.8 Å². The summed E-state index contributed by atoms with van der Waals surface area (Å²) in [6.07, 6.45) is 1.12. The van der Waals surface area contributed by atoms with E-state index in [2.05, 4.69) is 21.5 Å². The molecule has 1 atom stereocenters. The van der Waals surface area contributed by atoms with E-state index < -0.39 is 0 Å². The Bertz CT molecular complexity index is 653. The lowest BCUT2D eigenvalue weighted by Gasteiger charge is -2.32. The summed E-state index contributed by atoms with van der Waals surface area (Å²) in [5.74, 6) is 1.39. The largest absolute Gasteiger partial charge is 0.339 e. The van der Waals surface area contributed by atoms with Gasteiger partial charge in [0.1, 0.15) is 0 Å². The van der Waals surface area contributed by atoms with Crippen molar-refractivity contribution in [3.05, 3.63) is 41.5 Å². The lowest BCUT2D eigenvalue weighted by molar-refractivity contribution is -0.119. The van der Waals surface area contributed by atoms with Gasteiger partial charge in [0.15, 0.2) is 5.82 Å². The Kier molecular flexibility index (Phi) is 3.70. The first-order chi connectivity index (χ1) is 10.1. The molecule has 1 amide bonds. The molecule has 2 aromatic rings. The van der Waals surface area contributed by atoms with Crippen molar-refractivity contribution in [3.8, 4) is 0 Å². The average Bonchev–Trinajstić information content (AvgIpc) is 2.90. The maximum Gasteiger partial charge on any atom is 0.228 e. The highest BCUT2D eigenvalue weighted by Gasteiger charge is 2.28. The van der Waals surface area contributed by atoms with E-state index in [4.69, 9.17) is 4.52 Å². The third kappa shape index (κ3) is 2.80. The monoisotopic (exact) mass is 286 g/mol. The number of aryl methyl sites for hydroxylation is 1. The van der Waals surface area contributed by atoms with Crippen molar-refractivity contribution in [1.82, 2.24) is 15.5 Å². The molecule has 3 rings (SSSR count). The molecule has 21 heavy (non-hydrogen) atoms. The Balaban J connectivity index is 1.68. The van der Waals surface area contributed by atoms with Gasteiger partial charge in [-0.15, -0.1) is 0 Å². The van der Waals surface area contributed by atoms with Gasteiger partial charge >= 0.3 is 0 Å². The molecule has 2 heterocycles. The predicted octanol–water partition coefficient (Wildman–Crippen LogP) is 1.62. The first-order valence-corrected chi connectivity index (χ1v) is 7.03. The topological polar surface area (TPSA) is 71.3 Å². The molecule has 0 spiro atoms. The first-order valence-electron chi connectivity index (χ1n) is 7.03. The Morgan fingerprint density at radius 3 is 3.00 bits per heavy atom. The molecule has 1 aromatic carbocycles. The quantitative estimate of drug-likeness (QED) is 0.924. The number of hydrogen-bond donors (Lipinski definition) is 1. The van der Waals surface area contributed by atoms with Crippen molar-refractivity contribution in [1.29, 1.82) is 0 Å². The summed E-state index contributed by atoms with van der Waals surface area (Å²) in [7, 11) is 1.82. The Hall–Kier alpha value is -2.21. The van der Waals surface area contributed by atoms with E-state index in [0.717, 1.165) is 11.3 Å². The highest BCUT2D eigenvalue weighted by atomic mass is 16.5. The van der Waals surface area contributed by atoms with Crippen LogP contribution in [0, 0.1) is 6.92 Å².